The molecule has 4 nitrogen and oxygen atoms in total. The predicted octanol–water partition coefficient (Wildman–Crippen LogP) is 5.21. The molecule has 27 heavy (non-hydrogen) atoms. The second-order valence-corrected chi connectivity index (χ2v) is 7.66. The summed E-state index contributed by atoms with van der Waals surface area (Å²) in [4.78, 5) is 12.4. The number of rotatable bonds is 10. The van der Waals surface area contributed by atoms with Crippen LogP contribution in [0.25, 0.3) is 0 Å². The molecule has 0 saturated heterocycles. The van der Waals surface area contributed by atoms with Crippen LogP contribution in [0.3, 0.4) is 0 Å². The van der Waals surface area contributed by atoms with Crippen LogP contribution in [0.2, 0.25) is 10.0 Å². The number of amides is 1. The Kier molecular flexibility index (Phi) is 9.11. The molecule has 0 aliphatic rings. The minimum absolute atomic E-state index is 0.128. The van der Waals surface area contributed by atoms with Crippen molar-refractivity contribution in [3.05, 3.63) is 58.1 Å². The average molecular weight is 428 g/mol. The SMILES string of the molecule is CC[C@@H](Oc1cccc(OC)c1)C(=O)NCCSCc1c(Cl)cccc1Cl. The summed E-state index contributed by atoms with van der Waals surface area (Å²) in [6.07, 6.45) is 0.0333. The summed E-state index contributed by atoms with van der Waals surface area (Å²) in [5.74, 6) is 2.63. The molecule has 1 atom stereocenters. The van der Waals surface area contributed by atoms with Crippen molar-refractivity contribution < 1.29 is 14.3 Å². The Morgan fingerprint density at radius 2 is 1.81 bits per heavy atom. The Morgan fingerprint density at radius 3 is 2.48 bits per heavy atom. The largest absolute Gasteiger partial charge is 0.497 e. The van der Waals surface area contributed by atoms with E-state index < -0.39 is 6.10 Å². The van der Waals surface area contributed by atoms with Crippen LogP contribution < -0.4 is 14.8 Å². The van der Waals surface area contributed by atoms with Gasteiger partial charge in [-0.05, 0) is 36.2 Å². The Bertz CT molecular complexity index is 738. The van der Waals surface area contributed by atoms with Crippen molar-refractivity contribution in [2.45, 2.75) is 25.2 Å². The smallest absolute Gasteiger partial charge is 0.261 e. The quantitative estimate of drug-likeness (QED) is 0.528. The molecule has 1 amide bonds. The van der Waals surface area contributed by atoms with Crippen molar-refractivity contribution in [2.24, 2.45) is 0 Å². The van der Waals surface area contributed by atoms with Crippen LogP contribution in [0.5, 0.6) is 11.5 Å². The molecule has 0 heterocycles. The standard InChI is InChI=1S/C20H23Cl2NO3S/c1-3-19(26-15-7-4-6-14(12-15)25-2)20(24)23-10-11-27-13-16-17(21)8-5-9-18(16)22/h4-9,12,19H,3,10-11,13H2,1-2H3,(H,23,24)/t19-/m1/s1. The van der Waals surface area contributed by atoms with E-state index in [0.29, 0.717) is 40.3 Å². The zero-order chi connectivity index (χ0) is 19.6. The van der Waals surface area contributed by atoms with E-state index in [1.807, 2.05) is 43.3 Å². The summed E-state index contributed by atoms with van der Waals surface area (Å²) in [6, 6.07) is 12.7. The van der Waals surface area contributed by atoms with Gasteiger partial charge in [0.2, 0.25) is 0 Å². The summed E-state index contributed by atoms with van der Waals surface area (Å²) in [5.41, 5.74) is 0.921. The maximum atomic E-state index is 12.4. The minimum Gasteiger partial charge on any atom is -0.497 e. The van der Waals surface area contributed by atoms with Gasteiger partial charge in [-0.1, -0.05) is 42.3 Å². The zero-order valence-electron chi connectivity index (χ0n) is 15.3. The fourth-order valence-electron chi connectivity index (χ4n) is 2.37. The third-order valence-corrected chi connectivity index (χ3v) is 5.53. The van der Waals surface area contributed by atoms with Gasteiger partial charge in [0.05, 0.1) is 7.11 Å². The Labute approximate surface area is 174 Å². The lowest BCUT2D eigenvalue weighted by atomic mass is 10.2. The van der Waals surface area contributed by atoms with Crippen molar-refractivity contribution in [3.8, 4) is 11.5 Å². The van der Waals surface area contributed by atoms with Crippen molar-refractivity contribution in [2.75, 3.05) is 19.4 Å². The summed E-state index contributed by atoms with van der Waals surface area (Å²) in [7, 11) is 1.59. The van der Waals surface area contributed by atoms with Gasteiger partial charge in [-0.15, -0.1) is 0 Å². The normalized spacial score (nSPS) is 11.7. The van der Waals surface area contributed by atoms with Gasteiger partial charge < -0.3 is 14.8 Å². The predicted molar refractivity (Wildman–Crippen MR) is 113 cm³/mol. The second-order valence-electron chi connectivity index (χ2n) is 5.74. The highest BCUT2D eigenvalue weighted by Gasteiger charge is 2.18. The maximum Gasteiger partial charge on any atom is 0.261 e. The van der Waals surface area contributed by atoms with E-state index in [4.69, 9.17) is 32.7 Å². The van der Waals surface area contributed by atoms with Crippen molar-refractivity contribution in [3.63, 3.8) is 0 Å². The number of hydrogen-bond donors (Lipinski definition) is 1. The molecule has 0 radical (unpaired) electrons. The average Bonchev–Trinajstić information content (AvgIpc) is 2.67. The van der Waals surface area contributed by atoms with E-state index in [2.05, 4.69) is 5.32 Å². The maximum absolute atomic E-state index is 12.4. The van der Waals surface area contributed by atoms with E-state index in [1.54, 1.807) is 24.9 Å². The number of thioether (sulfide) groups is 1. The minimum atomic E-state index is -0.542. The van der Waals surface area contributed by atoms with Crippen LogP contribution in [0, 0.1) is 0 Å². The third-order valence-electron chi connectivity index (χ3n) is 3.84. The topological polar surface area (TPSA) is 47.6 Å². The van der Waals surface area contributed by atoms with Crippen molar-refractivity contribution >= 4 is 40.9 Å². The third kappa shape index (κ3) is 6.83. The molecule has 2 rings (SSSR count). The molecule has 146 valence electrons. The van der Waals surface area contributed by atoms with Crippen LogP contribution in [-0.4, -0.2) is 31.4 Å². The van der Waals surface area contributed by atoms with Gasteiger partial charge in [0.1, 0.15) is 11.5 Å². The van der Waals surface area contributed by atoms with Crippen LogP contribution in [-0.2, 0) is 10.5 Å². The van der Waals surface area contributed by atoms with Gasteiger partial charge in [0.15, 0.2) is 6.10 Å². The summed E-state index contributed by atoms with van der Waals surface area (Å²) in [6.45, 7) is 2.46. The van der Waals surface area contributed by atoms with E-state index in [0.717, 1.165) is 11.3 Å². The van der Waals surface area contributed by atoms with Gasteiger partial charge in [-0.25, -0.2) is 0 Å². The lowest BCUT2D eigenvalue weighted by molar-refractivity contribution is -0.127. The first-order valence-electron chi connectivity index (χ1n) is 8.64. The van der Waals surface area contributed by atoms with Crippen LogP contribution in [0.4, 0.5) is 0 Å². The molecule has 0 spiro atoms. The molecule has 0 fully saturated rings. The summed E-state index contributed by atoms with van der Waals surface area (Å²) >= 11 is 14.0. The number of halogens is 2. The molecule has 0 aliphatic carbocycles. The van der Waals surface area contributed by atoms with Gasteiger partial charge in [0.25, 0.3) is 5.91 Å². The van der Waals surface area contributed by atoms with Gasteiger partial charge >= 0.3 is 0 Å². The highest BCUT2D eigenvalue weighted by Crippen LogP contribution is 2.28. The van der Waals surface area contributed by atoms with Gasteiger partial charge in [-0.2, -0.15) is 11.8 Å². The zero-order valence-corrected chi connectivity index (χ0v) is 17.7. The lowest BCUT2D eigenvalue weighted by Gasteiger charge is -2.17. The van der Waals surface area contributed by atoms with Crippen molar-refractivity contribution in [1.82, 2.24) is 5.32 Å². The van der Waals surface area contributed by atoms with E-state index >= 15 is 0 Å². The van der Waals surface area contributed by atoms with E-state index in [9.17, 15) is 4.79 Å². The fourth-order valence-corrected chi connectivity index (χ4v) is 3.96. The monoisotopic (exact) mass is 427 g/mol. The fraction of sp³-hybridized carbons (Fsp3) is 0.350. The van der Waals surface area contributed by atoms with Crippen LogP contribution in [0.15, 0.2) is 42.5 Å². The summed E-state index contributed by atoms with van der Waals surface area (Å²) < 4.78 is 11.0. The number of hydrogen-bond acceptors (Lipinski definition) is 4. The lowest BCUT2D eigenvalue weighted by Crippen LogP contribution is -2.39. The molecular formula is C20H23Cl2NO3S. The van der Waals surface area contributed by atoms with Gasteiger partial charge in [0, 0.05) is 34.2 Å². The Balaban J connectivity index is 1.76. The molecule has 2 aromatic rings. The first kappa shape index (κ1) is 21.7. The number of carbonyl (C=O) groups excluding carboxylic acids is 1. The first-order chi connectivity index (χ1) is 13.0. The summed E-state index contributed by atoms with van der Waals surface area (Å²) in [5, 5.41) is 4.24. The highest BCUT2D eigenvalue weighted by molar-refractivity contribution is 7.98. The van der Waals surface area contributed by atoms with Crippen LogP contribution in [0.1, 0.15) is 18.9 Å². The number of ether oxygens (including phenoxy) is 2. The first-order valence-corrected chi connectivity index (χ1v) is 10.5. The van der Waals surface area contributed by atoms with E-state index in [-0.39, 0.29) is 5.91 Å². The van der Waals surface area contributed by atoms with Crippen LogP contribution >= 0.6 is 35.0 Å². The molecule has 0 unspecified atom stereocenters. The Hall–Kier alpha value is -1.56. The molecule has 1 N–H and O–H groups in total. The number of benzene rings is 2. The van der Waals surface area contributed by atoms with E-state index in [1.165, 1.54) is 0 Å². The number of nitrogens with one attached hydrogen (secondary N) is 1. The molecular weight excluding hydrogens is 405 g/mol. The van der Waals surface area contributed by atoms with Gasteiger partial charge in [-0.3, -0.25) is 4.79 Å². The molecule has 0 saturated carbocycles. The Morgan fingerprint density at radius 1 is 1.15 bits per heavy atom. The molecule has 0 aromatic heterocycles. The highest BCUT2D eigenvalue weighted by atomic mass is 35.5. The molecule has 2 aromatic carbocycles. The molecule has 0 aliphatic heterocycles. The molecule has 7 heteroatoms. The number of carbonyl (C=O) groups is 1. The molecule has 0 bridgehead atoms. The number of methoxy groups -OCH3 is 1. The second kappa shape index (κ2) is 11.3. The van der Waals surface area contributed by atoms with Crippen molar-refractivity contribution in [1.29, 1.82) is 0 Å².